The molecule has 1 aliphatic rings. The summed E-state index contributed by atoms with van der Waals surface area (Å²) in [6.45, 7) is -0.231. The average Bonchev–Trinajstić information content (AvgIpc) is 1.69. The number of hydrogen-bond acceptors (Lipinski definition) is 1. The van der Waals surface area contributed by atoms with E-state index >= 15 is 0 Å². The molecule has 1 unspecified atom stereocenters. The second-order valence-electron chi connectivity index (χ2n) is 1.14. The zero-order valence-corrected chi connectivity index (χ0v) is 3.46. The highest BCUT2D eigenvalue weighted by Gasteiger charge is 1.78. The summed E-state index contributed by atoms with van der Waals surface area (Å²) in [4.78, 5) is 3.78. The molecule has 0 radical (unpaired) electrons. The molecule has 1 atom stereocenters. The molecule has 1 heteroatoms. The minimum Gasteiger partial charge on any atom is -0.293 e. The predicted octanol–water partition coefficient (Wildman–Crippen LogP) is 1.02. The highest BCUT2D eigenvalue weighted by molar-refractivity contribution is 5.71. The van der Waals surface area contributed by atoms with Crippen LogP contribution in [0.1, 0.15) is 7.79 Å². The fourth-order valence-corrected chi connectivity index (χ4v) is 0.372. The van der Waals surface area contributed by atoms with Gasteiger partial charge < -0.3 is 0 Å². The van der Waals surface area contributed by atoms with Gasteiger partial charge in [-0.05, 0) is 12.5 Å². The van der Waals surface area contributed by atoms with E-state index in [1.807, 2.05) is 12.2 Å². The third-order valence-corrected chi connectivity index (χ3v) is 0.655. The van der Waals surface area contributed by atoms with Crippen molar-refractivity contribution >= 4 is 6.21 Å². The zero-order chi connectivity index (χ0) is 5.11. The Morgan fingerprint density at radius 1 is 1.83 bits per heavy atom. The van der Waals surface area contributed by atoms with Crippen molar-refractivity contribution in [2.45, 2.75) is 6.42 Å². The van der Waals surface area contributed by atoms with Gasteiger partial charge in [0.2, 0.25) is 0 Å². The first kappa shape index (κ1) is 2.56. The molecule has 0 saturated heterocycles. The molecule has 32 valence electrons. The number of allylic oxidation sites excluding steroid dienone is 1. The molecular formula is C5H7N. The molecule has 1 rings (SSSR count). The molecule has 1 nitrogen and oxygen atoms in total. The molecule has 0 bridgehead atoms. The number of aliphatic imine (C=N–C) groups is 1. The van der Waals surface area contributed by atoms with E-state index in [0.717, 1.165) is 6.42 Å². The van der Waals surface area contributed by atoms with Gasteiger partial charge in [0.05, 0.1) is 1.37 Å². The van der Waals surface area contributed by atoms with Crippen molar-refractivity contribution in [3.63, 3.8) is 0 Å². The molecule has 0 aliphatic carbocycles. The Kier molecular flexibility index (Phi) is 0.748. The van der Waals surface area contributed by atoms with Gasteiger partial charge in [0, 0.05) is 12.7 Å². The number of nitrogens with zero attached hydrogens (tertiary/aromatic N) is 1. The summed E-state index contributed by atoms with van der Waals surface area (Å²) in [7, 11) is 0. The zero-order valence-electron chi connectivity index (χ0n) is 4.46. The van der Waals surface area contributed by atoms with Gasteiger partial charge in [0.1, 0.15) is 0 Å². The smallest absolute Gasteiger partial charge is 0.0518 e. The summed E-state index contributed by atoms with van der Waals surface area (Å²) in [5.41, 5.74) is 0. The molecule has 0 aromatic heterocycles. The SMILES string of the molecule is [2H]C1CC=CC=N1. The summed E-state index contributed by atoms with van der Waals surface area (Å²) in [5, 5.41) is 0. The monoisotopic (exact) mass is 82.1 g/mol. The van der Waals surface area contributed by atoms with Gasteiger partial charge in [-0.1, -0.05) is 6.08 Å². The van der Waals surface area contributed by atoms with Gasteiger partial charge in [-0.15, -0.1) is 0 Å². The van der Waals surface area contributed by atoms with Crippen LogP contribution in [-0.4, -0.2) is 12.7 Å². The van der Waals surface area contributed by atoms with Crippen LogP contribution in [-0.2, 0) is 0 Å². The summed E-state index contributed by atoms with van der Waals surface area (Å²) >= 11 is 0. The summed E-state index contributed by atoms with van der Waals surface area (Å²) in [5.74, 6) is 0. The Hall–Kier alpha value is -0.590. The summed E-state index contributed by atoms with van der Waals surface area (Å²) in [6, 6.07) is 0. The van der Waals surface area contributed by atoms with Crippen molar-refractivity contribution in [2.75, 3.05) is 6.52 Å². The topological polar surface area (TPSA) is 12.4 Å². The quantitative estimate of drug-likeness (QED) is 0.413. The van der Waals surface area contributed by atoms with E-state index in [1.54, 1.807) is 6.21 Å². The van der Waals surface area contributed by atoms with E-state index in [0.29, 0.717) is 0 Å². The number of hydrogen-bond donors (Lipinski definition) is 0. The van der Waals surface area contributed by atoms with E-state index in [-0.39, 0.29) is 6.52 Å². The van der Waals surface area contributed by atoms with Crippen molar-refractivity contribution in [3.05, 3.63) is 12.2 Å². The van der Waals surface area contributed by atoms with Crippen LogP contribution in [0.15, 0.2) is 17.1 Å². The maximum atomic E-state index is 7.02. The first-order valence-corrected chi connectivity index (χ1v) is 2.00. The van der Waals surface area contributed by atoms with Gasteiger partial charge in [-0.3, -0.25) is 4.99 Å². The first-order valence-electron chi connectivity index (χ1n) is 2.58. The van der Waals surface area contributed by atoms with E-state index in [1.165, 1.54) is 0 Å². The third kappa shape index (κ3) is 0.677. The summed E-state index contributed by atoms with van der Waals surface area (Å²) < 4.78 is 7.02. The first-order chi connectivity index (χ1) is 3.39. The predicted molar refractivity (Wildman–Crippen MR) is 27.1 cm³/mol. The van der Waals surface area contributed by atoms with Crippen LogP contribution in [0, 0.1) is 0 Å². The molecule has 0 amide bonds. The van der Waals surface area contributed by atoms with Crippen LogP contribution in [0.2, 0.25) is 0 Å². The Balaban J connectivity index is 2.49. The molecule has 0 fully saturated rings. The van der Waals surface area contributed by atoms with E-state index in [4.69, 9.17) is 1.37 Å². The highest BCUT2D eigenvalue weighted by atomic mass is 14.7. The van der Waals surface area contributed by atoms with Crippen LogP contribution in [0.3, 0.4) is 0 Å². The van der Waals surface area contributed by atoms with Gasteiger partial charge >= 0.3 is 0 Å². The molecule has 0 saturated carbocycles. The number of rotatable bonds is 0. The molecule has 0 aromatic rings. The lowest BCUT2D eigenvalue weighted by Crippen LogP contribution is -1.81. The molecule has 1 aliphatic heterocycles. The number of dihydropyridines is 1. The van der Waals surface area contributed by atoms with Gasteiger partial charge in [-0.25, -0.2) is 0 Å². The molecule has 6 heavy (non-hydrogen) atoms. The fourth-order valence-electron chi connectivity index (χ4n) is 0.372. The van der Waals surface area contributed by atoms with E-state index in [2.05, 4.69) is 4.99 Å². The van der Waals surface area contributed by atoms with Crippen LogP contribution in [0.5, 0.6) is 0 Å². The second kappa shape index (κ2) is 1.75. The minimum atomic E-state index is -0.231. The van der Waals surface area contributed by atoms with E-state index in [9.17, 15) is 0 Å². The molecule has 0 N–H and O–H groups in total. The largest absolute Gasteiger partial charge is 0.293 e. The Bertz CT molecular complexity index is 107. The lowest BCUT2D eigenvalue weighted by molar-refractivity contribution is 1.00. The third-order valence-electron chi connectivity index (χ3n) is 0.655. The molecule has 0 spiro atoms. The van der Waals surface area contributed by atoms with Crippen molar-refractivity contribution in [2.24, 2.45) is 4.99 Å². The second-order valence-corrected chi connectivity index (χ2v) is 1.14. The fraction of sp³-hybridized carbons (Fsp3) is 0.400. The Morgan fingerprint density at radius 3 is 3.17 bits per heavy atom. The maximum absolute atomic E-state index is 7.02. The molecule has 1 heterocycles. The van der Waals surface area contributed by atoms with Crippen LogP contribution >= 0.6 is 0 Å². The Labute approximate surface area is 38.8 Å². The van der Waals surface area contributed by atoms with Crippen LogP contribution in [0.25, 0.3) is 0 Å². The summed E-state index contributed by atoms with van der Waals surface area (Å²) in [6.07, 6.45) is 6.26. The lowest BCUT2D eigenvalue weighted by Gasteiger charge is -1.88. The van der Waals surface area contributed by atoms with Crippen LogP contribution < -0.4 is 0 Å². The standard InChI is InChI=1S/C5H7N/c1-2-4-6-5-3-1/h1-2,4H,3,5H2/i5D. The van der Waals surface area contributed by atoms with Gasteiger partial charge in [-0.2, -0.15) is 0 Å². The minimum absolute atomic E-state index is 0.231. The van der Waals surface area contributed by atoms with Crippen molar-refractivity contribution in [3.8, 4) is 0 Å². The lowest BCUT2D eigenvalue weighted by atomic mass is 10.3. The van der Waals surface area contributed by atoms with Crippen molar-refractivity contribution < 1.29 is 1.37 Å². The van der Waals surface area contributed by atoms with E-state index < -0.39 is 0 Å². The maximum Gasteiger partial charge on any atom is 0.0518 e. The van der Waals surface area contributed by atoms with Crippen molar-refractivity contribution in [1.29, 1.82) is 0 Å². The molecule has 0 aromatic carbocycles. The van der Waals surface area contributed by atoms with Gasteiger partial charge in [0.15, 0.2) is 0 Å². The Morgan fingerprint density at radius 2 is 2.83 bits per heavy atom. The van der Waals surface area contributed by atoms with Crippen LogP contribution in [0.4, 0.5) is 0 Å². The highest BCUT2D eigenvalue weighted by Crippen LogP contribution is 1.87. The van der Waals surface area contributed by atoms with Crippen molar-refractivity contribution in [1.82, 2.24) is 0 Å². The average molecular weight is 82.1 g/mol. The normalized spacial score (nSPS) is 33.3. The molecular weight excluding hydrogens is 74.1 g/mol. The van der Waals surface area contributed by atoms with Gasteiger partial charge in [0.25, 0.3) is 0 Å².